The zero-order valence-corrected chi connectivity index (χ0v) is 16.6. The van der Waals surface area contributed by atoms with Crippen LogP contribution in [-0.2, 0) is 10.0 Å². The maximum atomic E-state index is 12.7. The second kappa shape index (κ2) is 8.13. The van der Waals surface area contributed by atoms with Crippen LogP contribution in [0.15, 0.2) is 47.4 Å². The molecule has 144 valence electrons. The van der Waals surface area contributed by atoms with Gasteiger partial charge in [-0.2, -0.15) is 0 Å². The molecule has 1 aliphatic rings. The van der Waals surface area contributed by atoms with Gasteiger partial charge in [-0.15, -0.1) is 0 Å². The third kappa shape index (κ3) is 4.69. The fourth-order valence-electron chi connectivity index (χ4n) is 3.37. The molecule has 0 unspecified atom stereocenters. The van der Waals surface area contributed by atoms with E-state index in [9.17, 15) is 13.2 Å². The third-order valence-corrected chi connectivity index (χ3v) is 6.60. The summed E-state index contributed by atoms with van der Waals surface area (Å²) in [5.74, 6) is -0.145. The number of nitrogens with one attached hydrogen (secondary N) is 2. The highest BCUT2D eigenvalue weighted by Crippen LogP contribution is 2.22. The van der Waals surface area contributed by atoms with E-state index in [0.29, 0.717) is 11.3 Å². The Morgan fingerprint density at radius 2 is 1.63 bits per heavy atom. The van der Waals surface area contributed by atoms with E-state index in [-0.39, 0.29) is 16.8 Å². The Kier molecular flexibility index (Phi) is 5.85. The van der Waals surface area contributed by atoms with E-state index < -0.39 is 10.0 Å². The molecule has 2 aromatic carbocycles. The number of amides is 1. The molecule has 1 amide bonds. The smallest absolute Gasteiger partial charge is 0.261 e. The van der Waals surface area contributed by atoms with E-state index in [1.165, 1.54) is 18.6 Å². The number of aryl methyl sites for hydroxylation is 1. The van der Waals surface area contributed by atoms with Crippen LogP contribution in [0.25, 0.3) is 0 Å². The summed E-state index contributed by atoms with van der Waals surface area (Å²) in [4.78, 5) is 12.5. The van der Waals surface area contributed by atoms with Gasteiger partial charge in [-0.1, -0.05) is 31.4 Å². The molecule has 0 radical (unpaired) electrons. The maximum Gasteiger partial charge on any atom is 0.261 e. The van der Waals surface area contributed by atoms with Crippen LogP contribution in [0.5, 0.6) is 0 Å². The molecule has 1 fully saturated rings. The predicted octanol–water partition coefficient (Wildman–Crippen LogP) is 4.17. The molecular weight excluding hydrogens is 360 g/mol. The summed E-state index contributed by atoms with van der Waals surface area (Å²) < 4.78 is 27.9. The minimum atomic E-state index is -3.70. The second-order valence-electron chi connectivity index (χ2n) is 7.19. The van der Waals surface area contributed by atoms with Crippen LogP contribution in [0.2, 0.25) is 0 Å². The summed E-state index contributed by atoms with van der Waals surface area (Å²) in [6, 6.07) is 11.8. The van der Waals surface area contributed by atoms with Gasteiger partial charge in [0.2, 0.25) is 0 Å². The molecule has 0 heterocycles. The van der Waals surface area contributed by atoms with E-state index in [0.717, 1.165) is 36.8 Å². The van der Waals surface area contributed by atoms with Gasteiger partial charge in [0.25, 0.3) is 15.9 Å². The van der Waals surface area contributed by atoms with Crippen molar-refractivity contribution in [3.05, 3.63) is 59.2 Å². The Bertz CT molecular complexity index is 915. The molecule has 2 N–H and O–H groups in total. The van der Waals surface area contributed by atoms with Crippen LogP contribution < -0.4 is 10.0 Å². The second-order valence-corrected chi connectivity index (χ2v) is 8.87. The van der Waals surface area contributed by atoms with Gasteiger partial charge in [0.15, 0.2) is 0 Å². The van der Waals surface area contributed by atoms with Crippen LogP contribution in [0.4, 0.5) is 5.69 Å². The van der Waals surface area contributed by atoms with E-state index >= 15 is 0 Å². The molecule has 0 bridgehead atoms. The molecule has 5 nitrogen and oxygen atoms in total. The standard InChI is InChI=1S/C21H26N2O3S/c1-15-7-6-10-20(16(15)2)23-27(25,26)19-13-11-17(12-14-19)21(24)22-18-8-4-3-5-9-18/h6-7,10-14,18,23H,3-5,8-9H2,1-2H3,(H,22,24). The van der Waals surface area contributed by atoms with Gasteiger partial charge in [0.1, 0.15) is 0 Å². The number of carbonyl (C=O) groups is 1. The van der Waals surface area contributed by atoms with Crippen molar-refractivity contribution in [3.63, 3.8) is 0 Å². The predicted molar refractivity (Wildman–Crippen MR) is 108 cm³/mol. The Hall–Kier alpha value is -2.34. The molecule has 6 heteroatoms. The van der Waals surface area contributed by atoms with Crippen LogP contribution in [0.3, 0.4) is 0 Å². The largest absolute Gasteiger partial charge is 0.349 e. The number of hydrogen-bond acceptors (Lipinski definition) is 3. The summed E-state index contributed by atoms with van der Waals surface area (Å²) in [7, 11) is -3.70. The van der Waals surface area contributed by atoms with Crippen molar-refractivity contribution in [2.45, 2.75) is 56.9 Å². The van der Waals surface area contributed by atoms with Gasteiger partial charge in [0.05, 0.1) is 10.6 Å². The number of anilines is 1. The van der Waals surface area contributed by atoms with E-state index in [1.54, 1.807) is 18.2 Å². The van der Waals surface area contributed by atoms with Gasteiger partial charge in [0, 0.05) is 11.6 Å². The zero-order chi connectivity index (χ0) is 19.4. The van der Waals surface area contributed by atoms with Crippen molar-refractivity contribution < 1.29 is 13.2 Å². The number of sulfonamides is 1. The van der Waals surface area contributed by atoms with Gasteiger partial charge in [-0.05, 0) is 68.1 Å². The first-order chi connectivity index (χ1) is 12.9. The molecule has 3 rings (SSSR count). The highest BCUT2D eigenvalue weighted by molar-refractivity contribution is 7.92. The molecule has 0 aliphatic heterocycles. The van der Waals surface area contributed by atoms with E-state index in [2.05, 4.69) is 10.0 Å². The van der Waals surface area contributed by atoms with Crippen molar-refractivity contribution in [3.8, 4) is 0 Å². The average Bonchev–Trinajstić information content (AvgIpc) is 2.66. The minimum Gasteiger partial charge on any atom is -0.349 e. The lowest BCUT2D eigenvalue weighted by Gasteiger charge is -2.22. The Balaban J connectivity index is 1.71. The lowest BCUT2D eigenvalue weighted by atomic mass is 9.95. The summed E-state index contributed by atoms with van der Waals surface area (Å²) >= 11 is 0. The molecule has 0 spiro atoms. The summed E-state index contributed by atoms with van der Waals surface area (Å²) in [5, 5.41) is 3.04. The third-order valence-electron chi connectivity index (χ3n) is 5.22. The quantitative estimate of drug-likeness (QED) is 0.810. The van der Waals surface area contributed by atoms with Crippen LogP contribution >= 0.6 is 0 Å². The fraction of sp³-hybridized carbons (Fsp3) is 0.381. The average molecular weight is 387 g/mol. The van der Waals surface area contributed by atoms with Gasteiger partial charge in [-0.25, -0.2) is 8.42 Å². The molecule has 0 saturated heterocycles. The normalized spacial score (nSPS) is 15.3. The SMILES string of the molecule is Cc1cccc(NS(=O)(=O)c2ccc(C(=O)NC3CCCCC3)cc2)c1C. The molecule has 0 aromatic heterocycles. The van der Waals surface area contributed by atoms with Crippen LogP contribution in [-0.4, -0.2) is 20.4 Å². The lowest BCUT2D eigenvalue weighted by molar-refractivity contribution is 0.0927. The molecular formula is C21H26N2O3S. The van der Waals surface area contributed by atoms with Crippen molar-refractivity contribution in [2.75, 3.05) is 4.72 Å². The summed E-state index contributed by atoms with van der Waals surface area (Å²) in [6.07, 6.45) is 5.54. The minimum absolute atomic E-state index is 0.137. The highest BCUT2D eigenvalue weighted by atomic mass is 32.2. The van der Waals surface area contributed by atoms with Crippen molar-refractivity contribution in [1.29, 1.82) is 0 Å². The molecule has 2 aromatic rings. The summed E-state index contributed by atoms with van der Waals surface area (Å²) in [5.41, 5.74) is 2.95. The van der Waals surface area contributed by atoms with Gasteiger partial charge in [-0.3, -0.25) is 9.52 Å². The number of hydrogen-bond donors (Lipinski definition) is 2. The van der Waals surface area contributed by atoms with Crippen LogP contribution in [0.1, 0.15) is 53.6 Å². The number of carbonyl (C=O) groups excluding carboxylic acids is 1. The summed E-state index contributed by atoms with van der Waals surface area (Å²) in [6.45, 7) is 3.82. The van der Waals surface area contributed by atoms with Crippen molar-refractivity contribution >= 4 is 21.6 Å². The zero-order valence-electron chi connectivity index (χ0n) is 15.8. The molecule has 1 aliphatic carbocycles. The van der Waals surface area contributed by atoms with E-state index in [4.69, 9.17) is 0 Å². The first-order valence-electron chi connectivity index (χ1n) is 9.37. The van der Waals surface area contributed by atoms with Crippen molar-refractivity contribution in [1.82, 2.24) is 5.32 Å². The van der Waals surface area contributed by atoms with Gasteiger partial charge < -0.3 is 5.32 Å². The number of benzene rings is 2. The Labute approximate surface area is 161 Å². The van der Waals surface area contributed by atoms with Crippen LogP contribution in [0, 0.1) is 13.8 Å². The monoisotopic (exact) mass is 386 g/mol. The molecule has 27 heavy (non-hydrogen) atoms. The molecule has 0 atom stereocenters. The van der Waals surface area contributed by atoms with Crippen molar-refractivity contribution in [2.24, 2.45) is 0 Å². The molecule has 1 saturated carbocycles. The lowest BCUT2D eigenvalue weighted by Crippen LogP contribution is -2.36. The van der Waals surface area contributed by atoms with E-state index in [1.807, 2.05) is 26.0 Å². The number of rotatable bonds is 5. The van der Waals surface area contributed by atoms with Gasteiger partial charge >= 0.3 is 0 Å². The first kappa shape index (κ1) is 19.4. The topological polar surface area (TPSA) is 75.3 Å². The first-order valence-corrected chi connectivity index (χ1v) is 10.8. The Morgan fingerprint density at radius 3 is 2.30 bits per heavy atom. The fourth-order valence-corrected chi connectivity index (χ4v) is 4.49. The maximum absolute atomic E-state index is 12.7. The highest BCUT2D eigenvalue weighted by Gasteiger charge is 2.19. The Morgan fingerprint density at radius 1 is 0.963 bits per heavy atom.